The van der Waals surface area contributed by atoms with Gasteiger partial charge in [0.2, 0.25) is 5.91 Å². The summed E-state index contributed by atoms with van der Waals surface area (Å²) >= 11 is 0. The van der Waals surface area contributed by atoms with Crippen molar-refractivity contribution in [1.29, 1.82) is 0 Å². The minimum atomic E-state index is -0.216. The van der Waals surface area contributed by atoms with Crippen molar-refractivity contribution in [1.82, 2.24) is 15.5 Å². The third kappa shape index (κ3) is 3.89. The predicted molar refractivity (Wildman–Crippen MR) is 105 cm³/mol. The van der Waals surface area contributed by atoms with Gasteiger partial charge in [-0.2, -0.15) is 0 Å². The van der Waals surface area contributed by atoms with Crippen molar-refractivity contribution < 1.29 is 9.18 Å². The number of piperidine rings is 1. The van der Waals surface area contributed by atoms with Crippen molar-refractivity contribution in [2.45, 2.75) is 25.4 Å². The first-order chi connectivity index (χ1) is 13.0. The summed E-state index contributed by atoms with van der Waals surface area (Å²) in [5.74, 6) is 0.281. The lowest BCUT2D eigenvalue weighted by Gasteiger charge is -2.39. The summed E-state index contributed by atoms with van der Waals surface area (Å²) in [5, 5.41) is 6.72. The number of fused-ring (bicyclic) bond motifs is 1. The Balaban J connectivity index is 1.50. The first-order valence-electron chi connectivity index (χ1n) is 9.61. The van der Waals surface area contributed by atoms with Crippen LogP contribution < -0.4 is 10.6 Å². The van der Waals surface area contributed by atoms with Crippen molar-refractivity contribution >= 4 is 5.91 Å². The number of amides is 1. The van der Waals surface area contributed by atoms with Gasteiger partial charge in [-0.15, -0.1) is 0 Å². The molecule has 1 amide bonds. The number of hydrogen-bond donors (Lipinski definition) is 2. The fourth-order valence-electron chi connectivity index (χ4n) is 4.63. The van der Waals surface area contributed by atoms with Crippen molar-refractivity contribution in [3.8, 4) is 11.1 Å². The highest BCUT2D eigenvalue weighted by molar-refractivity contribution is 5.74. The Bertz CT molecular complexity index is 823. The van der Waals surface area contributed by atoms with Crippen LogP contribution in [0.5, 0.6) is 0 Å². The smallest absolute Gasteiger partial charge is 0.217 e. The Kier molecular flexibility index (Phi) is 4.98. The van der Waals surface area contributed by atoms with E-state index in [9.17, 15) is 9.18 Å². The number of carbonyl (C=O) groups is 1. The molecule has 0 aromatic heterocycles. The average Bonchev–Trinajstić information content (AvgIpc) is 2.99. The van der Waals surface area contributed by atoms with Crippen LogP contribution in [-0.4, -0.2) is 42.5 Å². The van der Waals surface area contributed by atoms with E-state index in [2.05, 4.69) is 39.8 Å². The van der Waals surface area contributed by atoms with Gasteiger partial charge in [0.15, 0.2) is 0 Å². The summed E-state index contributed by atoms with van der Waals surface area (Å²) in [4.78, 5) is 14.2. The number of benzene rings is 2. The standard InChI is InChI=1S/C22H26FN3O/c1-16(27)25-22-9-10-24-12-20(22)14-26(15-22)13-17-3-2-4-19(11-17)18-5-7-21(23)8-6-18/h2-8,11,20,24H,9-10,12-15H2,1H3,(H,25,27)/t20-,22-/m1/s1. The van der Waals surface area contributed by atoms with Crippen molar-refractivity contribution in [2.75, 3.05) is 26.2 Å². The third-order valence-electron chi connectivity index (χ3n) is 5.84. The number of likely N-dealkylation sites (tertiary alicyclic amines) is 1. The molecule has 4 nitrogen and oxygen atoms in total. The van der Waals surface area contributed by atoms with Crippen LogP contribution in [0.15, 0.2) is 48.5 Å². The van der Waals surface area contributed by atoms with E-state index < -0.39 is 0 Å². The summed E-state index contributed by atoms with van der Waals surface area (Å²) in [6.07, 6.45) is 0.976. The molecule has 0 radical (unpaired) electrons. The van der Waals surface area contributed by atoms with Crippen LogP contribution in [-0.2, 0) is 11.3 Å². The van der Waals surface area contributed by atoms with Gasteiger partial charge in [-0.05, 0) is 47.9 Å². The number of rotatable bonds is 4. The molecule has 0 aliphatic carbocycles. The second-order valence-corrected chi connectivity index (χ2v) is 7.87. The molecule has 0 saturated carbocycles. The van der Waals surface area contributed by atoms with Crippen LogP contribution in [0.25, 0.3) is 11.1 Å². The quantitative estimate of drug-likeness (QED) is 0.873. The number of hydrogen-bond acceptors (Lipinski definition) is 3. The molecular formula is C22H26FN3O. The number of nitrogens with zero attached hydrogens (tertiary/aromatic N) is 1. The van der Waals surface area contributed by atoms with Gasteiger partial charge in [0, 0.05) is 39.0 Å². The molecule has 2 saturated heterocycles. The van der Waals surface area contributed by atoms with E-state index in [-0.39, 0.29) is 17.3 Å². The Labute approximate surface area is 159 Å². The summed E-state index contributed by atoms with van der Waals surface area (Å²) in [7, 11) is 0. The first kappa shape index (κ1) is 18.1. The highest BCUT2D eigenvalue weighted by atomic mass is 19.1. The molecule has 2 atom stereocenters. The normalized spacial score (nSPS) is 25.2. The van der Waals surface area contributed by atoms with E-state index in [0.29, 0.717) is 5.92 Å². The van der Waals surface area contributed by atoms with Crippen LogP contribution in [0.3, 0.4) is 0 Å². The molecule has 2 heterocycles. The van der Waals surface area contributed by atoms with Crippen molar-refractivity contribution in [3.63, 3.8) is 0 Å². The molecule has 2 aliphatic rings. The lowest BCUT2D eigenvalue weighted by molar-refractivity contribution is -0.121. The molecular weight excluding hydrogens is 341 g/mol. The summed E-state index contributed by atoms with van der Waals surface area (Å²) in [5.41, 5.74) is 3.25. The average molecular weight is 367 g/mol. The van der Waals surface area contributed by atoms with E-state index in [0.717, 1.165) is 50.3 Å². The van der Waals surface area contributed by atoms with E-state index >= 15 is 0 Å². The van der Waals surface area contributed by atoms with Gasteiger partial charge < -0.3 is 10.6 Å². The molecule has 4 rings (SSSR count). The maximum atomic E-state index is 13.2. The van der Waals surface area contributed by atoms with E-state index in [1.165, 1.54) is 17.7 Å². The molecule has 2 fully saturated rings. The van der Waals surface area contributed by atoms with Crippen LogP contribution in [0.1, 0.15) is 18.9 Å². The molecule has 0 spiro atoms. The topological polar surface area (TPSA) is 44.4 Å². The maximum absolute atomic E-state index is 13.2. The van der Waals surface area contributed by atoms with Gasteiger partial charge in [-0.25, -0.2) is 4.39 Å². The van der Waals surface area contributed by atoms with E-state index in [1.807, 2.05) is 12.1 Å². The Morgan fingerprint density at radius 3 is 2.85 bits per heavy atom. The molecule has 2 aliphatic heterocycles. The second kappa shape index (κ2) is 7.41. The van der Waals surface area contributed by atoms with Crippen LogP contribution in [0, 0.1) is 11.7 Å². The molecule has 0 bridgehead atoms. The Morgan fingerprint density at radius 2 is 2.07 bits per heavy atom. The molecule has 142 valence electrons. The first-order valence-corrected chi connectivity index (χ1v) is 9.61. The second-order valence-electron chi connectivity index (χ2n) is 7.87. The fourth-order valence-corrected chi connectivity index (χ4v) is 4.63. The highest BCUT2D eigenvalue weighted by Crippen LogP contribution is 2.34. The lowest BCUT2D eigenvalue weighted by Crippen LogP contribution is -2.60. The minimum Gasteiger partial charge on any atom is -0.349 e. The van der Waals surface area contributed by atoms with Crippen molar-refractivity contribution in [3.05, 3.63) is 59.9 Å². The van der Waals surface area contributed by atoms with Gasteiger partial charge in [-0.3, -0.25) is 9.69 Å². The zero-order chi connectivity index (χ0) is 18.9. The number of halogens is 1. The third-order valence-corrected chi connectivity index (χ3v) is 5.84. The predicted octanol–water partition coefficient (Wildman–Crippen LogP) is 2.79. The molecule has 5 heteroatoms. The molecule has 2 aromatic carbocycles. The van der Waals surface area contributed by atoms with Crippen molar-refractivity contribution in [2.24, 2.45) is 5.92 Å². The Morgan fingerprint density at radius 1 is 1.26 bits per heavy atom. The van der Waals surface area contributed by atoms with Gasteiger partial charge in [-0.1, -0.05) is 30.3 Å². The van der Waals surface area contributed by atoms with Gasteiger partial charge in [0.05, 0.1) is 5.54 Å². The summed E-state index contributed by atoms with van der Waals surface area (Å²) in [6, 6.07) is 15.1. The zero-order valence-electron chi connectivity index (χ0n) is 15.7. The maximum Gasteiger partial charge on any atom is 0.217 e. The van der Waals surface area contributed by atoms with E-state index in [1.54, 1.807) is 6.92 Å². The van der Waals surface area contributed by atoms with Crippen LogP contribution >= 0.6 is 0 Å². The Hall–Kier alpha value is -2.24. The van der Waals surface area contributed by atoms with Crippen LogP contribution in [0.2, 0.25) is 0 Å². The summed E-state index contributed by atoms with van der Waals surface area (Å²) in [6.45, 7) is 6.24. The van der Waals surface area contributed by atoms with E-state index in [4.69, 9.17) is 0 Å². The van der Waals surface area contributed by atoms with Gasteiger partial charge in [0.25, 0.3) is 0 Å². The largest absolute Gasteiger partial charge is 0.349 e. The van der Waals surface area contributed by atoms with Gasteiger partial charge in [0.1, 0.15) is 5.82 Å². The number of carbonyl (C=O) groups excluding carboxylic acids is 1. The van der Waals surface area contributed by atoms with Gasteiger partial charge >= 0.3 is 0 Å². The SMILES string of the molecule is CC(=O)N[C@@]12CCNC[C@@H]1CN(Cc1cccc(-c3ccc(F)cc3)c1)C2. The molecule has 27 heavy (non-hydrogen) atoms. The summed E-state index contributed by atoms with van der Waals surface area (Å²) < 4.78 is 13.2. The molecule has 2 N–H and O–H groups in total. The fraction of sp³-hybridized carbons (Fsp3) is 0.409. The molecule has 2 aromatic rings. The zero-order valence-corrected chi connectivity index (χ0v) is 15.7. The molecule has 0 unspecified atom stereocenters. The monoisotopic (exact) mass is 367 g/mol. The highest BCUT2D eigenvalue weighted by Gasteiger charge is 2.48. The van der Waals surface area contributed by atoms with Crippen LogP contribution in [0.4, 0.5) is 4.39 Å². The lowest BCUT2D eigenvalue weighted by atomic mass is 9.81. The minimum absolute atomic E-state index is 0.0575. The number of nitrogens with one attached hydrogen (secondary N) is 2.